The van der Waals surface area contributed by atoms with E-state index in [2.05, 4.69) is 36.0 Å². The van der Waals surface area contributed by atoms with Crippen LogP contribution >= 0.6 is 0 Å². The van der Waals surface area contributed by atoms with Crippen molar-refractivity contribution in [2.24, 2.45) is 7.05 Å². The van der Waals surface area contributed by atoms with E-state index in [1.165, 1.54) is 13.3 Å². The zero-order chi connectivity index (χ0) is 24.2. The van der Waals surface area contributed by atoms with Crippen LogP contribution in [0, 0.1) is 0 Å². The van der Waals surface area contributed by atoms with Crippen molar-refractivity contribution in [1.82, 2.24) is 30.0 Å². The van der Waals surface area contributed by atoms with Gasteiger partial charge in [-0.25, -0.2) is 19.7 Å². The zero-order valence-corrected chi connectivity index (χ0v) is 19.6. The van der Waals surface area contributed by atoms with Crippen molar-refractivity contribution >= 4 is 29.1 Å². The molecular formula is C22H28N8O3. The molecule has 0 atom stereocenters. The van der Waals surface area contributed by atoms with Gasteiger partial charge in [0.05, 0.1) is 23.9 Å². The number of anilines is 3. The fourth-order valence-corrected chi connectivity index (χ4v) is 3.04. The number of aryl methyl sites for hydroxylation is 1. The third kappa shape index (κ3) is 5.82. The summed E-state index contributed by atoms with van der Waals surface area (Å²) in [6.45, 7) is 7.38. The summed E-state index contributed by atoms with van der Waals surface area (Å²) in [5, 5.41) is 13.0. The number of hydrogen-bond acceptors (Lipinski definition) is 8. The summed E-state index contributed by atoms with van der Waals surface area (Å²) in [4.78, 5) is 37.7. The van der Waals surface area contributed by atoms with Crippen LogP contribution in [-0.2, 0) is 7.05 Å². The number of carbonyl (C=O) groups excluding carboxylic acids is 2. The highest BCUT2D eigenvalue weighted by molar-refractivity contribution is 6.02. The van der Waals surface area contributed by atoms with E-state index in [9.17, 15) is 9.59 Å². The molecule has 0 aliphatic carbocycles. The Hall–Kier alpha value is -4.02. The molecule has 0 aliphatic heterocycles. The SMILES string of the molecule is CCC(=O)c1cnc(NC(=O)NC(C)(C)C)cc1Nc1nccc(-c2ncn(C)n2)c1OC. The van der Waals surface area contributed by atoms with Gasteiger partial charge in [0, 0.05) is 37.5 Å². The number of amides is 2. The maximum absolute atomic E-state index is 12.5. The van der Waals surface area contributed by atoms with Crippen molar-refractivity contribution in [3.63, 3.8) is 0 Å². The number of hydrogen-bond donors (Lipinski definition) is 3. The van der Waals surface area contributed by atoms with Crippen LogP contribution in [0.4, 0.5) is 22.1 Å². The van der Waals surface area contributed by atoms with Crippen LogP contribution in [-0.4, -0.2) is 49.2 Å². The van der Waals surface area contributed by atoms with E-state index < -0.39 is 11.6 Å². The van der Waals surface area contributed by atoms with E-state index in [0.29, 0.717) is 34.2 Å². The normalized spacial score (nSPS) is 11.1. The summed E-state index contributed by atoms with van der Waals surface area (Å²) in [5.74, 6) is 1.41. The van der Waals surface area contributed by atoms with E-state index in [0.717, 1.165) is 0 Å². The number of nitrogens with zero attached hydrogens (tertiary/aromatic N) is 5. The lowest BCUT2D eigenvalue weighted by Crippen LogP contribution is -2.43. The van der Waals surface area contributed by atoms with Crippen molar-refractivity contribution in [3.05, 3.63) is 36.4 Å². The molecule has 0 saturated heterocycles. The summed E-state index contributed by atoms with van der Waals surface area (Å²) in [6.07, 6.45) is 4.90. The minimum atomic E-state index is -0.416. The number of methoxy groups -OCH3 is 1. The number of ether oxygens (including phenoxy) is 1. The highest BCUT2D eigenvalue weighted by Gasteiger charge is 2.20. The molecular weight excluding hydrogens is 424 g/mol. The first kappa shape index (κ1) is 23.6. The Kier molecular flexibility index (Phi) is 6.90. The summed E-state index contributed by atoms with van der Waals surface area (Å²) in [6, 6.07) is 2.92. The zero-order valence-electron chi connectivity index (χ0n) is 19.6. The molecule has 0 aromatic carbocycles. The van der Waals surface area contributed by atoms with E-state index in [1.54, 1.807) is 43.3 Å². The number of ketones is 1. The van der Waals surface area contributed by atoms with Gasteiger partial charge in [-0.3, -0.25) is 14.8 Å². The summed E-state index contributed by atoms with van der Waals surface area (Å²) in [5.41, 5.74) is 1.01. The minimum Gasteiger partial charge on any atom is -0.492 e. The number of urea groups is 1. The lowest BCUT2D eigenvalue weighted by atomic mass is 10.1. The molecule has 2 amide bonds. The van der Waals surface area contributed by atoms with Crippen LogP contribution in [0.2, 0.25) is 0 Å². The molecule has 3 aromatic rings. The van der Waals surface area contributed by atoms with Crippen LogP contribution in [0.5, 0.6) is 5.75 Å². The minimum absolute atomic E-state index is 0.114. The molecule has 0 bridgehead atoms. The number of nitrogens with one attached hydrogen (secondary N) is 3. The Morgan fingerprint density at radius 1 is 1.18 bits per heavy atom. The van der Waals surface area contributed by atoms with Crippen LogP contribution in [0.25, 0.3) is 11.4 Å². The number of pyridine rings is 2. The molecule has 3 heterocycles. The van der Waals surface area contributed by atoms with Gasteiger partial charge >= 0.3 is 6.03 Å². The Morgan fingerprint density at radius 2 is 1.94 bits per heavy atom. The summed E-state index contributed by atoms with van der Waals surface area (Å²) in [7, 11) is 3.29. The highest BCUT2D eigenvalue weighted by Crippen LogP contribution is 2.35. The number of aromatic nitrogens is 5. The molecule has 3 N–H and O–H groups in total. The number of carbonyl (C=O) groups is 2. The fraction of sp³-hybridized carbons (Fsp3) is 0.364. The second kappa shape index (κ2) is 9.63. The van der Waals surface area contributed by atoms with E-state index >= 15 is 0 Å². The van der Waals surface area contributed by atoms with E-state index in [4.69, 9.17) is 4.74 Å². The first-order chi connectivity index (χ1) is 15.6. The smallest absolute Gasteiger partial charge is 0.320 e. The Morgan fingerprint density at radius 3 is 2.55 bits per heavy atom. The predicted octanol–water partition coefficient (Wildman–Crippen LogP) is 3.54. The fourth-order valence-electron chi connectivity index (χ4n) is 3.04. The predicted molar refractivity (Wildman–Crippen MR) is 125 cm³/mol. The van der Waals surface area contributed by atoms with E-state index in [-0.39, 0.29) is 18.0 Å². The monoisotopic (exact) mass is 452 g/mol. The Bertz CT molecular complexity index is 1170. The van der Waals surface area contributed by atoms with Gasteiger partial charge in [0.2, 0.25) is 0 Å². The molecule has 174 valence electrons. The first-order valence-corrected chi connectivity index (χ1v) is 10.4. The van der Waals surface area contributed by atoms with E-state index in [1.807, 2.05) is 20.8 Å². The van der Waals surface area contributed by atoms with Crippen LogP contribution in [0.1, 0.15) is 44.5 Å². The van der Waals surface area contributed by atoms with Gasteiger partial charge in [0.25, 0.3) is 0 Å². The van der Waals surface area contributed by atoms with Crippen molar-refractivity contribution in [2.75, 3.05) is 17.7 Å². The second-order valence-corrected chi connectivity index (χ2v) is 8.33. The van der Waals surface area contributed by atoms with Gasteiger partial charge in [-0.05, 0) is 26.8 Å². The average molecular weight is 453 g/mol. The van der Waals surface area contributed by atoms with Crippen molar-refractivity contribution in [1.29, 1.82) is 0 Å². The van der Waals surface area contributed by atoms with Crippen molar-refractivity contribution in [2.45, 2.75) is 39.7 Å². The van der Waals surface area contributed by atoms with Crippen LogP contribution < -0.4 is 20.7 Å². The first-order valence-electron chi connectivity index (χ1n) is 10.4. The molecule has 11 heteroatoms. The molecule has 0 fully saturated rings. The highest BCUT2D eigenvalue weighted by atomic mass is 16.5. The van der Waals surface area contributed by atoms with Crippen molar-refractivity contribution < 1.29 is 14.3 Å². The van der Waals surface area contributed by atoms with Gasteiger partial charge in [-0.15, -0.1) is 0 Å². The molecule has 3 rings (SSSR count). The lowest BCUT2D eigenvalue weighted by Gasteiger charge is -2.21. The van der Waals surface area contributed by atoms with Gasteiger partial charge in [-0.2, -0.15) is 5.10 Å². The molecule has 0 spiro atoms. The van der Waals surface area contributed by atoms with Crippen LogP contribution in [0.15, 0.2) is 30.9 Å². The summed E-state index contributed by atoms with van der Waals surface area (Å²) < 4.78 is 7.18. The van der Waals surface area contributed by atoms with Crippen LogP contribution in [0.3, 0.4) is 0 Å². The third-order valence-electron chi connectivity index (χ3n) is 4.46. The van der Waals surface area contributed by atoms with Gasteiger partial charge in [0.15, 0.2) is 23.2 Å². The standard InChI is InChI=1S/C22H28N8O3/c1-7-16(31)14-11-24-17(27-21(32)28-22(2,3)4)10-15(14)26-20-18(33-6)13(8-9-23-20)19-25-12-30(5)29-19/h8-12H,7H2,1-6H3,(H3,23,24,26,27,28,32). The maximum atomic E-state index is 12.5. The van der Waals surface area contributed by atoms with Crippen molar-refractivity contribution in [3.8, 4) is 17.1 Å². The average Bonchev–Trinajstić information content (AvgIpc) is 3.18. The molecule has 33 heavy (non-hydrogen) atoms. The van der Waals surface area contributed by atoms with Gasteiger partial charge < -0.3 is 15.4 Å². The van der Waals surface area contributed by atoms with Gasteiger partial charge in [-0.1, -0.05) is 6.92 Å². The Balaban J connectivity index is 1.99. The number of Topliss-reactive ketones (excluding diaryl/α,β-unsaturated/α-hetero) is 1. The largest absolute Gasteiger partial charge is 0.492 e. The maximum Gasteiger partial charge on any atom is 0.320 e. The lowest BCUT2D eigenvalue weighted by molar-refractivity contribution is 0.0988. The molecule has 0 saturated carbocycles. The molecule has 0 unspecified atom stereocenters. The Labute approximate surface area is 192 Å². The second-order valence-electron chi connectivity index (χ2n) is 8.33. The third-order valence-corrected chi connectivity index (χ3v) is 4.46. The summed E-state index contributed by atoms with van der Waals surface area (Å²) >= 11 is 0. The number of rotatable bonds is 7. The quantitative estimate of drug-likeness (QED) is 0.463. The molecule has 11 nitrogen and oxygen atoms in total. The molecule has 0 aliphatic rings. The topological polar surface area (TPSA) is 136 Å². The molecule has 3 aromatic heterocycles. The molecule has 0 radical (unpaired) electrons. The van der Waals surface area contributed by atoms with Gasteiger partial charge in [0.1, 0.15) is 12.1 Å².